The predicted molar refractivity (Wildman–Crippen MR) is 138 cm³/mol. The third-order valence-electron chi connectivity index (χ3n) is 5.44. The first-order valence-corrected chi connectivity index (χ1v) is 13.4. The van der Waals surface area contributed by atoms with Crippen LogP contribution < -0.4 is 0 Å². The number of benzene rings is 2. The van der Waals surface area contributed by atoms with Crippen molar-refractivity contribution in [2.45, 2.75) is 51.1 Å². The molecule has 2 aromatic rings. The number of amides is 1. The normalized spacial score (nSPS) is 11.8. The maximum Gasteiger partial charge on any atom is 0.333 e. The average molecular weight is 558 g/mol. The van der Waals surface area contributed by atoms with Crippen LogP contribution in [0.15, 0.2) is 51.7 Å². The molecule has 1 amide bonds. The Hall–Kier alpha value is -2.53. The summed E-state index contributed by atoms with van der Waals surface area (Å²) in [5, 5.41) is 7.61. The van der Waals surface area contributed by atoms with Gasteiger partial charge < -0.3 is 9.74 Å². The Morgan fingerprint density at radius 3 is 2.28 bits per heavy atom. The molecular weight excluding hydrogens is 527 g/mol. The van der Waals surface area contributed by atoms with E-state index in [1.165, 1.54) is 30.4 Å². The van der Waals surface area contributed by atoms with Gasteiger partial charge in [0.15, 0.2) is 0 Å². The third kappa shape index (κ3) is 8.55. The molecule has 0 saturated carbocycles. The molecule has 36 heavy (non-hydrogen) atoms. The van der Waals surface area contributed by atoms with E-state index in [0.29, 0.717) is 36.4 Å². The highest BCUT2D eigenvalue weighted by Gasteiger charge is 2.25. The Balaban J connectivity index is 1.79. The van der Waals surface area contributed by atoms with Gasteiger partial charge in [-0.15, -0.1) is 5.11 Å². The number of rotatable bonds is 12. The van der Waals surface area contributed by atoms with E-state index in [-0.39, 0.29) is 28.9 Å². The summed E-state index contributed by atoms with van der Waals surface area (Å²) in [7, 11) is -0.551. The van der Waals surface area contributed by atoms with Gasteiger partial charge >= 0.3 is 5.97 Å². The number of unbranched alkanes of at least 4 members (excludes halogenated alkanes) is 1. The topological polar surface area (TPSA) is 109 Å². The van der Waals surface area contributed by atoms with E-state index in [0.717, 1.165) is 11.1 Å². The smallest absolute Gasteiger partial charge is 0.333 e. The summed E-state index contributed by atoms with van der Waals surface area (Å²) in [5.74, 6) is -0.562. The second-order valence-corrected chi connectivity index (χ2v) is 11.1. The Bertz CT molecular complexity index is 1200. The minimum Gasteiger partial charge on any atom is -0.341 e. The SMILES string of the molecule is CC(=O)ON=NCc1ccc(CN(C)C(=O)CCCCN(C)S(=O)(=O)c2ccc(Cl)c(C)c2Cl)cc1. The molecule has 2 aromatic carbocycles. The molecule has 0 aliphatic heterocycles. The van der Waals surface area contributed by atoms with Gasteiger partial charge in [0.2, 0.25) is 15.9 Å². The zero-order chi connectivity index (χ0) is 26.9. The van der Waals surface area contributed by atoms with Crippen molar-refractivity contribution in [3.8, 4) is 0 Å². The van der Waals surface area contributed by atoms with E-state index in [9.17, 15) is 18.0 Å². The monoisotopic (exact) mass is 556 g/mol. The largest absolute Gasteiger partial charge is 0.341 e. The van der Waals surface area contributed by atoms with Crippen LogP contribution in [0.3, 0.4) is 0 Å². The van der Waals surface area contributed by atoms with Gasteiger partial charge in [-0.3, -0.25) is 4.79 Å². The molecule has 0 aromatic heterocycles. The Morgan fingerprint density at radius 2 is 1.64 bits per heavy atom. The fraction of sp³-hybridized carbons (Fsp3) is 0.417. The summed E-state index contributed by atoms with van der Waals surface area (Å²) in [6.07, 6.45) is 1.37. The van der Waals surface area contributed by atoms with Gasteiger partial charge in [-0.2, -0.15) is 0 Å². The van der Waals surface area contributed by atoms with Crippen LogP contribution in [0, 0.1) is 6.92 Å². The zero-order valence-corrected chi connectivity index (χ0v) is 23.0. The van der Waals surface area contributed by atoms with Crippen LogP contribution in [0.25, 0.3) is 0 Å². The lowest BCUT2D eigenvalue weighted by molar-refractivity contribution is -0.142. The minimum atomic E-state index is -3.77. The molecule has 0 heterocycles. The predicted octanol–water partition coefficient (Wildman–Crippen LogP) is 5.18. The lowest BCUT2D eigenvalue weighted by Gasteiger charge is -2.20. The zero-order valence-electron chi connectivity index (χ0n) is 20.7. The van der Waals surface area contributed by atoms with Crippen molar-refractivity contribution in [1.29, 1.82) is 0 Å². The Morgan fingerprint density at radius 1 is 1.00 bits per heavy atom. The molecule has 0 atom stereocenters. The van der Waals surface area contributed by atoms with Gasteiger partial charge in [-0.25, -0.2) is 17.5 Å². The van der Waals surface area contributed by atoms with Gasteiger partial charge in [0.1, 0.15) is 4.90 Å². The molecule has 0 aliphatic rings. The minimum absolute atomic E-state index is 0.0165. The maximum absolute atomic E-state index is 12.9. The summed E-state index contributed by atoms with van der Waals surface area (Å²) in [5.41, 5.74) is 2.35. The van der Waals surface area contributed by atoms with Crippen LogP contribution in [-0.2, 0) is 37.5 Å². The van der Waals surface area contributed by atoms with Gasteiger partial charge in [0.25, 0.3) is 0 Å². The van der Waals surface area contributed by atoms with Gasteiger partial charge in [0.05, 0.1) is 11.6 Å². The third-order valence-corrected chi connectivity index (χ3v) is 8.34. The fourth-order valence-corrected chi connectivity index (χ4v) is 5.22. The molecule has 0 unspecified atom stereocenters. The van der Waals surface area contributed by atoms with Crippen molar-refractivity contribution in [1.82, 2.24) is 9.21 Å². The second kappa shape index (κ2) is 13.7. The number of sulfonamides is 1. The van der Waals surface area contributed by atoms with E-state index in [2.05, 4.69) is 15.2 Å². The number of carbonyl (C=O) groups is 2. The van der Waals surface area contributed by atoms with Crippen LogP contribution >= 0.6 is 23.2 Å². The highest BCUT2D eigenvalue weighted by atomic mass is 35.5. The van der Waals surface area contributed by atoms with Crippen molar-refractivity contribution in [3.05, 3.63) is 63.1 Å². The van der Waals surface area contributed by atoms with Crippen molar-refractivity contribution in [2.75, 3.05) is 20.6 Å². The molecule has 0 aliphatic carbocycles. The summed E-state index contributed by atoms with van der Waals surface area (Å²) in [6, 6.07) is 10.4. The van der Waals surface area contributed by atoms with Crippen molar-refractivity contribution < 1.29 is 22.8 Å². The summed E-state index contributed by atoms with van der Waals surface area (Å²) >= 11 is 12.2. The number of halogens is 2. The van der Waals surface area contributed by atoms with Crippen molar-refractivity contribution in [3.63, 3.8) is 0 Å². The van der Waals surface area contributed by atoms with Crippen LogP contribution in [0.4, 0.5) is 0 Å². The summed E-state index contributed by atoms with van der Waals surface area (Å²) in [6.45, 7) is 3.88. The molecule has 0 radical (unpaired) electrons. The lowest BCUT2D eigenvalue weighted by atomic mass is 10.1. The van der Waals surface area contributed by atoms with Gasteiger partial charge in [-0.1, -0.05) is 47.5 Å². The molecule has 0 bridgehead atoms. The summed E-state index contributed by atoms with van der Waals surface area (Å²) < 4.78 is 27.0. The first-order valence-electron chi connectivity index (χ1n) is 11.2. The van der Waals surface area contributed by atoms with Crippen LogP contribution in [0.1, 0.15) is 42.9 Å². The molecule has 0 spiro atoms. The van der Waals surface area contributed by atoms with Crippen molar-refractivity contribution in [2.24, 2.45) is 10.4 Å². The number of carbonyl (C=O) groups excluding carboxylic acids is 2. The van der Waals surface area contributed by atoms with Crippen LogP contribution in [0.5, 0.6) is 0 Å². The molecule has 12 heteroatoms. The van der Waals surface area contributed by atoms with Gasteiger partial charge in [0, 0.05) is 50.8 Å². The number of nitrogens with zero attached hydrogens (tertiary/aromatic N) is 4. The maximum atomic E-state index is 12.9. The summed E-state index contributed by atoms with van der Waals surface area (Å²) in [4.78, 5) is 29.2. The number of hydrogen-bond donors (Lipinski definition) is 0. The Kier molecular flexibility index (Phi) is 11.3. The standard InChI is InChI=1S/C24H30Cl2N4O5S/c1-17-21(25)12-13-22(24(17)26)36(33,34)30(4)14-6-5-7-23(32)29(3)16-20-10-8-19(9-11-20)15-27-28-35-18(2)31/h8-13H,5-7,14-16H2,1-4H3. The van der Waals surface area contributed by atoms with Crippen LogP contribution in [0.2, 0.25) is 10.0 Å². The van der Waals surface area contributed by atoms with E-state index in [1.807, 2.05) is 24.3 Å². The Labute approximate surface area is 222 Å². The lowest BCUT2D eigenvalue weighted by Crippen LogP contribution is -2.29. The molecule has 196 valence electrons. The molecule has 9 nitrogen and oxygen atoms in total. The second-order valence-electron chi connectivity index (χ2n) is 8.30. The van der Waals surface area contributed by atoms with E-state index in [1.54, 1.807) is 18.9 Å². The highest BCUT2D eigenvalue weighted by Crippen LogP contribution is 2.31. The molecule has 0 saturated heterocycles. The quantitative estimate of drug-likeness (QED) is 0.203. The van der Waals surface area contributed by atoms with Crippen LogP contribution in [-0.4, -0.2) is 50.1 Å². The fourth-order valence-electron chi connectivity index (χ4n) is 3.23. The van der Waals surface area contributed by atoms with Gasteiger partial charge in [-0.05, 0) is 48.6 Å². The van der Waals surface area contributed by atoms with E-state index in [4.69, 9.17) is 23.2 Å². The highest BCUT2D eigenvalue weighted by molar-refractivity contribution is 7.89. The molecule has 0 fully saturated rings. The van der Waals surface area contributed by atoms with Crippen molar-refractivity contribution >= 4 is 45.1 Å². The average Bonchev–Trinajstić information content (AvgIpc) is 2.83. The molecule has 0 N–H and O–H groups in total. The molecule has 2 rings (SSSR count). The van der Waals surface area contributed by atoms with E-state index < -0.39 is 16.0 Å². The molecular formula is C24H30Cl2N4O5S. The first-order chi connectivity index (χ1) is 16.9. The van der Waals surface area contributed by atoms with E-state index >= 15 is 0 Å². The number of hydrogen-bond acceptors (Lipinski definition) is 7. The first kappa shape index (κ1) is 29.7.